The van der Waals surface area contributed by atoms with Gasteiger partial charge in [0.2, 0.25) is 0 Å². The van der Waals surface area contributed by atoms with Crippen LogP contribution < -0.4 is 0 Å². The van der Waals surface area contributed by atoms with Gasteiger partial charge >= 0.3 is 5.97 Å². The minimum atomic E-state index is -0.703. The molecule has 0 heterocycles. The van der Waals surface area contributed by atoms with E-state index in [1.54, 1.807) is 0 Å². The molecule has 1 N–H and O–H groups in total. The Morgan fingerprint density at radius 3 is 2.76 bits per heavy atom. The molecule has 1 aromatic rings. The minimum absolute atomic E-state index is 0.112. The van der Waals surface area contributed by atoms with Crippen LogP contribution in [0.1, 0.15) is 44.6 Å². The third-order valence-electron chi connectivity index (χ3n) is 4.53. The Morgan fingerprint density at radius 2 is 2.14 bits per heavy atom. The summed E-state index contributed by atoms with van der Waals surface area (Å²) in [6.07, 6.45) is 5.65. The molecular formula is C17H22BrFO2. The standard InChI is InChI=1S/C17H22BrFO2/c1-2-3-11-4-5-16(17(20)21)13(6-11)7-12-8-14(18)10-15(19)9-12/h8-11,13,16H,2-7H2,1H3,(H,20,21). The molecular weight excluding hydrogens is 335 g/mol. The van der Waals surface area contributed by atoms with Crippen molar-refractivity contribution in [3.8, 4) is 0 Å². The van der Waals surface area contributed by atoms with Crippen LogP contribution in [0.15, 0.2) is 22.7 Å². The van der Waals surface area contributed by atoms with E-state index in [2.05, 4.69) is 22.9 Å². The SMILES string of the molecule is CCCC1CCC(C(=O)O)C(Cc2cc(F)cc(Br)c2)C1. The normalized spacial score (nSPS) is 25.8. The van der Waals surface area contributed by atoms with Crippen LogP contribution in [0.2, 0.25) is 0 Å². The third kappa shape index (κ3) is 4.53. The molecule has 0 amide bonds. The van der Waals surface area contributed by atoms with E-state index in [0.29, 0.717) is 16.8 Å². The zero-order valence-electron chi connectivity index (χ0n) is 12.3. The van der Waals surface area contributed by atoms with E-state index in [1.807, 2.05) is 6.07 Å². The van der Waals surface area contributed by atoms with Crippen molar-refractivity contribution in [1.82, 2.24) is 0 Å². The first-order chi connectivity index (χ1) is 9.99. The summed E-state index contributed by atoms with van der Waals surface area (Å²) < 4.78 is 14.2. The second-order valence-electron chi connectivity index (χ2n) is 6.15. The highest BCUT2D eigenvalue weighted by atomic mass is 79.9. The van der Waals surface area contributed by atoms with E-state index >= 15 is 0 Å². The molecule has 3 unspecified atom stereocenters. The van der Waals surface area contributed by atoms with Crippen LogP contribution in [-0.2, 0) is 11.2 Å². The van der Waals surface area contributed by atoms with Crippen molar-refractivity contribution in [3.05, 3.63) is 34.1 Å². The lowest BCUT2D eigenvalue weighted by Crippen LogP contribution is -2.32. The van der Waals surface area contributed by atoms with E-state index in [9.17, 15) is 14.3 Å². The Kier molecular flexibility index (Phi) is 5.80. The van der Waals surface area contributed by atoms with Gasteiger partial charge in [-0.05, 0) is 61.3 Å². The Labute approximate surface area is 133 Å². The second kappa shape index (κ2) is 7.39. The molecule has 1 aliphatic carbocycles. The number of carboxylic acid groups (broad SMARTS) is 1. The highest BCUT2D eigenvalue weighted by molar-refractivity contribution is 9.10. The van der Waals surface area contributed by atoms with Crippen LogP contribution in [0.3, 0.4) is 0 Å². The highest BCUT2D eigenvalue weighted by Gasteiger charge is 2.34. The van der Waals surface area contributed by atoms with Crippen molar-refractivity contribution in [2.75, 3.05) is 0 Å². The van der Waals surface area contributed by atoms with E-state index in [4.69, 9.17) is 0 Å². The summed E-state index contributed by atoms with van der Waals surface area (Å²) in [5.41, 5.74) is 0.885. The zero-order valence-corrected chi connectivity index (χ0v) is 13.9. The monoisotopic (exact) mass is 356 g/mol. The summed E-state index contributed by atoms with van der Waals surface area (Å²) in [7, 11) is 0. The first-order valence-electron chi connectivity index (χ1n) is 7.67. The van der Waals surface area contributed by atoms with Crippen LogP contribution in [0, 0.1) is 23.6 Å². The Hall–Kier alpha value is -0.900. The number of hydrogen-bond acceptors (Lipinski definition) is 1. The van der Waals surface area contributed by atoms with Crippen LogP contribution in [0.4, 0.5) is 4.39 Å². The number of carbonyl (C=O) groups is 1. The molecule has 0 spiro atoms. The minimum Gasteiger partial charge on any atom is -0.481 e. The fourth-order valence-electron chi connectivity index (χ4n) is 3.61. The van der Waals surface area contributed by atoms with Gasteiger partial charge in [-0.25, -0.2) is 4.39 Å². The maximum atomic E-state index is 13.5. The summed E-state index contributed by atoms with van der Waals surface area (Å²) >= 11 is 3.30. The quantitative estimate of drug-likeness (QED) is 0.801. The van der Waals surface area contributed by atoms with Gasteiger partial charge in [-0.2, -0.15) is 0 Å². The molecule has 116 valence electrons. The molecule has 2 rings (SSSR count). The van der Waals surface area contributed by atoms with Gasteiger partial charge in [0.1, 0.15) is 5.82 Å². The van der Waals surface area contributed by atoms with Crippen molar-refractivity contribution in [2.45, 2.75) is 45.4 Å². The van der Waals surface area contributed by atoms with Crippen molar-refractivity contribution < 1.29 is 14.3 Å². The van der Waals surface area contributed by atoms with Gasteiger partial charge < -0.3 is 5.11 Å². The first-order valence-corrected chi connectivity index (χ1v) is 8.46. The van der Waals surface area contributed by atoms with Crippen LogP contribution in [0.25, 0.3) is 0 Å². The molecule has 1 saturated carbocycles. The van der Waals surface area contributed by atoms with Crippen LogP contribution in [-0.4, -0.2) is 11.1 Å². The summed E-state index contributed by atoms with van der Waals surface area (Å²) in [4.78, 5) is 11.5. The number of hydrogen-bond donors (Lipinski definition) is 1. The number of benzene rings is 1. The highest BCUT2D eigenvalue weighted by Crippen LogP contribution is 2.38. The summed E-state index contributed by atoms with van der Waals surface area (Å²) in [6.45, 7) is 2.17. The van der Waals surface area contributed by atoms with Gasteiger partial charge in [0.15, 0.2) is 0 Å². The Bertz CT molecular complexity index is 483. The molecule has 1 fully saturated rings. The predicted octanol–water partition coefficient (Wildman–Crippen LogP) is 5.05. The number of carboxylic acids is 1. The van der Waals surface area contributed by atoms with Crippen molar-refractivity contribution in [3.63, 3.8) is 0 Å². The summed E-state index contributed by atoms with van der Waals surface area (Å²) in [6, 6.07) is 4.84. The molecule has 0 saturated heterocycles. The van der Waals surface area contributed by atoms with Crippen molar-refractivity contribution in [1.29, 1.82) is 0 Å². The van der Waals surface area contributed by atoms with E-state index in [1.165, 1.54) is 12.1 Å². The topological polar surface area (TPSA) is 37.3 Å². The molecule has 21 heavy (non-hydrogen) atoms. The van der Waals surface area contributed by atoms with Crippen molar-refractivity contribution >= 4 is 21.9 Å². The molecule has 1 aromatic carbocycles. The van der Waals surface area contributed by atoms with Gasteiger partial charge in [0, 0.05) is 4.47 Å². The molecule has 0 radical (unpaired) electrons. The lowest BCUT2D eigenvalue weighted by molar-refractivity contribution is -0.145. The van der Waals surface area contributed by atoms with Gasteiger partial charge in [-0.1, -0.05) is 35.7 Å². The number of halogens is 2. The van der Waals surface area contributed by atoms with Gasteiger partial charge in [-0.3, -0.25) is 4.79 Å². The third-order valence-corrected chi connectivity index (χ3v) is 4.98. The van der Waals surface area contributed by atoms with Gasteiger partial charge in [-0.15, -0.1) is 0 Å². The van der Waals surface area contributed by atoms with E-state index < -0.39 is 5.97 Å². The number of aliphatic carboxylic acids is 1. The number of rotatable bonds is 5. The average Bonchev–Trinajstić information content (AvgIpc) is 2.37. The zero-order chi connectivity index (χ0) is 15.4. The van der Waals surface area contributed by atoms with Gasteiger partial charge in [0.05, 0.1) is 5.92 Å². The lowest BCUT2D eigenvalue weighted by Gasteiger charge is -2.34. The molecule has 4 heteroatoms. The summed E-state index contributed by atoms with van der Waals surface area (Å²) in [5.74, 6) is -0.535. The fraction of sp³-hybridized carbons (Fsp3) is 0.588. The molecule has 3 atom stereocenters. The van der Waals surface area contributed by atoms with Gasteiger partial charge in [0.25, 0.3) is 0 Å². The predicted molar refractivity (Wildman–Crippen MR) is 84.7 cm³/mol. The molecule has 0 bridgehead atoms. The van der Waals surface area contributed by atoms with Crippen LogP contribution >= 0.6 is 15.9 Å². The van der Waals surface area contributed by atoms with Crippen LogP contribution in [0.5, 0.6) is 0 Å². The second-order valence-corrected chi connectivity index (χ2v) is 7.07. The maximum Gasteiger partial charge on any atom is 0.306 e. The van der Waals surface area contributed by atoms with E-state index in [0.717, 1.165) is 37.7 Å². The Balaban J connectivity index is 2.13. The maximum absolute atomic E-state index is 13.5. The largest absolute Gasteiger partial charge is 0.481 e. The summed E-state index contributed by atoms with van der Waals surface area (Å²) in [5, 5.41) is 9.43. The van der Waals surface area contributed by atoms with E-state index in [-0.39, 0.29) is 17.7 Å². The smallest absolute Gasteiger partial charge is 0.306 e. The molecule has 2 nitrogen and oxygen atoms in total. The molecule has 1 aliphatic rings. The Morgan fingerprint density at radius 1 is 1.38 bits per heavy atom. The molecule has 0 aromatic heterocycles. The fourth-order valence-corrected chi connectivity index (χ4v) is 4.13. The first kappa shape index (κ1) is 16.5. The van der Waals surface area contributed by atoms with Crippen molar-refractivity contribution in [2.24, 2.45) is 17.8 Å². The average molecular weight is 357 g/mol. The molecule has 0 aliphatic heterocycles. The lowest BCUT2D eigenvalue weighted by atomic mass is 9.70.